The summed E-state index contributed by atoms with van der Waals surface area (Å²) in [6, 6.07) is 8.15. The summed E-state index contributed by atoms with van der Waals surface area (Å²) >= 11 is 0. The fourth-order valence-electron chi connectivity index (χ4n) is 2.82. The van der Waals surface area contributed by atoms with Crippen molar-refractivity contribution in [2.45, 2.75) is 18.9 Å². The highest BCUT2D eigenvalue weighted by atomic mass is 16.4. The molecule has 2 amide bonds. The van der Waals surface area contributed by atoms with Crippen molar-refractivity contribution in [3.8, 4) is 0 Å². The smallest absolute Gasteiger partial charge is 0.326 e. The zero-order valence-electron chi connectivity index (χ0n) is 14.6. The maximum absolute atomic E-state index is 12.4. The van der Waals surface area contributed by atoms with Gasteiger partial charge in [0, 0.05) is 32.5 Å². The van der Waals surface area contributed by atoms with Gasteiger partial charge in [-0.25, -0.2) is 4.79 Å². The average molecular weight is 347 g/mol. The van der Waals surface area contributed by atoms with Crippen molar-refractivity contribution in [1.29, 1.82) is 0 Å². The van der Waals surface area contributed by atoms with Gasteiger partial charge in [-0.1, -0.05) is 30.3 Å². The van der Waals surface area contributed by atoms with Crippen LogP contribution in [0.2, 0.25) is 0 Å². The van der Waals surface area contributed by atoms with Gasteiger partial charge < -0.3 is 20.2 Å². The average Bonchev–Trinajstić information content (AvgIpc) is 2.94. The molecule has 1 aromatic rings. The predicted octanol–water partition coefficient (Wildman–Crippen LogP) is 0.209. The Labute approximate surface area is 147 Å². The third-order valence-corrected chi connectivity index (χ3v) is 4.30. The lowest BCUT2D eigenvalue weighted by molar-refractivity contribution is -0.142. The molecule has 0 bridgehead atoms. The van der Waals surface area contributed by atoms with E-state index in [1.165, 1.54) is 0 Å². The van der Waals surface area contributed by atoms with Crippen LogP contribution in [0.3, 0.4) is 0 Å². The molecular weight excluding hydrogens is 322 g/mol. The van der Waals surface area contributed by atoms with Crippen LogP contribution in [0.1, 0.15) is 12.0 Å². The maximum atomic E-state index is 12.4. The first-order valence-corrected chi connectivity index (χ1v) is 8.36. The second-order valence-corrected chi connectivity index (χ2v) is 6.63. The van der Waals surface area contributed by atoms with Gasteiger partial charge in [0.2, 0.25) is 11.8 Å². The standard InChI is InChI=1S/C18H25N3O4/c1-20(2)8-9-21-12-14(11-16(21)22)17(23)19-15(18(24)25)10-13-6-4-3-5-7-13/h3-7,14-15H,8-12H2,1-2H3,(H,19,23)(H,24,25)/t14-,15+/m1/s1. The van der Waals surface area contributed by atoms with Crippen molar-refractivity contribution in [2.75, 3.05) is 33.7 Å². The molecule has 0 aliphatic carbocycles. The van der Waals surface area contributed by atoms with Crippen LogP contribution in [0.15, 0.2) is 30.3 Å². The van der Waals surface area contributed by atoms with Crippen molar-refractivity contribution < 1.29 is 19.5 Å². The Morgan fingerprint density at radius 1 is 1.32 bits per heavy atom. The number of benzene rings is 1. The lowest BCUT2D eigenvalue weighted by Crippen LogP contribution is -2.45. The van der Waals surface area contributed by atoms with Gasteiger partial charge in [0.1, 0.15) is 6.04 Å². The van der Waals surface area contributed by atoms with E-state index in [0.717, 1.165) is 12.1 Å². The number of aliphatic carboxylic acids is 1. The van der Waals surface area contributed by atoms with Gasteiger partial charge in [0.05, 0.1) is 5.92 Å². The van der Waals surface area contributed by atoms with Crippen molar-refractivity contribution in [3.63, 3.8) is 0 Å². The summed E-state index contributed by atoms with van der Waals surface area (Å²) in [5.41, 5.74) is 0.838. The monoisotopic (exact) mass is 347 g/mol. The van der Waals surface area contributed by atoms with Gasteiger partial charge >= 0.3 is 5.97 Å². The van der Waals surface area contributed by atoms with Crippen LogP contribution in [-0.2, 0) is 20.8 Å². The summed E-state index contributed by atoms with van der Waals surface area (Å²) in [5, 5.41) is 12.0. The third kappa shape index (κ3) is 5.56. The molecule has 136 valence electrons. The summed E-state index contributed by atoms with van der Waals surface area (Å²) < 4.78 is 0. The number of carbonyl (C=O) groups excluding carboxylic acids is 2. The molecule has 2 rings (SSSR count). The first kappa shape index (κ1) is 18.9. The van der Waals surface area contributed by atoms with Crippen LogP contribution in [0.4, 0.5) is 0 Å². The zero-order chi connectivity index (χ0) is 18.4. The second kappa shape index (κ2) is 8.62. The fourth-order valence-corrected chi connectivity index (χ4v) is 2.82. The van der Waals surface area contributed by atoms with Crippen LogP contribution in [0.5, 0.6) is 0 Å². The zero-order valence-corrected chi connectivity index (χ0v) is 14.6. The topological polar surface area (TPSA) is 89.9 Å². The number of carboxylic acids is 1. The van der Waals surface area contributed by atoms with Crippen LogP contribution in [-0.4, -0.2) is 72.5 Å². The Morgan fingerprint density at radius 2 is 2.00 bits per heavy atom. The molecule has 0 spiro atoms. The van der Waals surface area contributed by atoms with Gasteiger partial charge in [-0.2, -0.15) is 0 Å². The number of carboxylic acid groups (broad SMARTS) is 1. The molecule has 0 radical (unpaired) electrons. The minimum atomic E-state index is -1.08. The van der Waals surface area contributed by atoms with E-state index < -0.39 is 17.9 Å². The molecule has 7 heteroatoms. The van der Waals surface area contributed by atoms with Gasteiger partial charge in [-0.3, -0.25) is 9.59 Å². The van der Waals surface area contributed by atoms with Crippen molar-refractivity contribution in [3.05, 3.63) is 35.9 Å². The number of hydrogen-bond acceptors (Lipinski definition) is 4. The second-order valence-electron chi connectivity index (χ2n) is 6.63. The molecular formula is C18H25N3O4. The molecule has 0 aromatic heterocycles. The maximum Gasteiger partial charge on any atom is 0.326 e. The number of likely N-dealkylation sites (N-methyl/N-ethyl adjacent to an activating group) is 1. The van der Waals surface area contributed by atoms with E-state index >= 15 is 0 Å². The minimum absolute atomic E-state index is 0.0584. The van der Waals surface area contributed by atoms with Crippen molar-refractivity contribution >= 4 is 17.8 Å². The van der Waals surface area contributed by atoms with E-state index in [1.807, 2.05) is 49.3 Å². The third-order valence-electron chi connectivity index (χ3n) is 4.30. The van der Waals surface area contributed by atoms with E-state index in [4.69, 9.17) is 0 Å². The summed E-state index contributed by atoms with van der Waals surface area (Å²) in [6.45, 7) is 1.64. The number of likely N-dealkylation sites (tertiary alicyclic amines) is 1. The normalized spacial score (nSPS) is 18.4. The van der Waals surface area contributed by atoms with Gasteiger partial charge in [-0.05, 0) is 19.7 Å². The summed E-state index contributed by atoms with van der Waals surface area (Å²) in [5.74, 6) is -2.00. The van der Waals surface area contributed by atoms with E-state index in [-0.39, 0.29) is 24.7 Å². The van der Waals surface area contributed by atoms with Crippen LogP contribution < -0.4 is 5.32 Å². The molecule has 25 heavy (non-hydrogen) atoms. The number of hydrogen-bond donors (Lipinski definition) is 2. The van der Waals surface area contributed by atoms with E-state index in [0.29, 0.717) is 13.1 Å². The van der Waals surface area contributed by atoms with Crippen LogP contribution in [0.25, 0.3) is 0 Å². The van der Waals surface area contributed by atoms with Gasteiger partial charge in [0.15, 0.2) is 0 Å². The largest absolute Gasteiger partial charge is 0.480 e. The molecule has 1 saturated heterocycles. The Hall–Kier alpha value is -2.41. The molecule has 2 N–H and O–H groups in total. The Bertz CT molecular complexity index is 618. The van der Waals surface area contributed by atoms with Crippen molar-refractivity contribution in [1.82, 2.24) is 15.1 Å². The summed E-state index contributed by atoms with van der Waals surface area (Å²) in [7, 11) is 3.84. The molecule has 1 heterocycles. The quantitative estimate of drug-likeness (QED) is 0.702. The Morgan fingerprint density at radius 3 is 2.60 bits per heavy atom. The first-order chi connectivity index (χ1) is 11.9. The molecule has 0 saturated carbocycles. The Kier molecular flexibility index (Phi) is 6.52. The molecule has 1 aromatic carbocycles. The highest BCUT2D eigenvalue weighted by Crippen LogP contribution is 2.18. The number of amides is 2. The summed E-state index contributed by atoms with van der Waals surface area (Å²) in [4.78, 5) is 39.5. The highest BCUT2D eigenvalue weighted by Gasteiger charge is 2.35. The number of nitrogens with one attached hydrogen (secondary N) is 1. The van der Waals surface area contributed by atoms with Crippen LogP contribution in [0, 0.1) is 5.92 Å². The molecule has 1 aliphatic heterocycles. The van der Waals surface area contributed by atoms with E-state index in [9.17, 15) is 19.5 Å². The number of nitrogens with zero attached hydrogens (tertiary/aromatic N) is 2. The lowest BCUT2D eigenvalue weighted by atomic mass is 10.0. The Balaban J connectivity index is 1.92. The lowest BCUT2D eigenvalue weighted by Gasteiger charge is -2.20. The van der Waals surface area contributed by atoms with Crippen molar-refractivity contribution in [2.24, 2.45) is 5.92 Å². The first-order valence-electron chi connectivity index (χ1n) is 8.36. The number of carbonyl (C=O) groups is 3. The van der Waals surface area contributed by atoms with Gasteiger partial charge in [-0.15, -0.1) is 0 Å². The molecule has 1 fully saturated rings. The SMILES string of the molecule is CN(C)CCN1C[C@H](C(=O)N[C@@H](Cc2ccccc2)C(=O)O)CC1=O. The van der Waals surface area contributed by atoms with E-state index in [1.54, 1.807) is 4.90 Å². The molecule has 2 atom stereocenters. The fraction of sp³-hybridized carbons (Fsp3) is 0.500. The van der Waals surface area contributed by atoms with E-state index in [2.05, 4.69) is 5.32 Å². The minimum Gasteiger partial charge on any atom is -0.480 e. The highest BCUT2D eigenvalue weighted by molar-refractivity contribution is 5.91. The number of rotatable bonds is 8. The predicted molar refractivity (Wildman–Crippen MR) is 93.0 cm³/mol. The summed E-state index contributed by atoms with van der Waals surface area (Å²) in [6.07, 6.45) is 0.351. The van der Waals surface area contributed by atoms with Crippen LogP contribution >= 0.6 is 0 Å². The molecule has 1 aliphatic rings. The van der Waals surface area contributed by atoms with Gasteiger partial charge in [0.25, 0.3) is 0 Å². The molecule has 7 nitrogen and oxygen atoms in total. The molecule has 0 unspecified atom stereocenters.